The number of amides is 1. The van der Waals surface area contributed by atoms with Gasteiger partial charge in [-0.15, -0.1) is 0 Å². The molecular weight excluding hydrogens is 381 g/mol. The molecule has 0 bridgehead atoms. The fourth-order valence-corrected chi connectivity index (χ4v) is 3.34. The van der Waals surface area contributed by atoms with E-state index in [9.17, 15) is 4.79 Å². The van der Waals surface area contributed by atoms with Crippen molar-refractivity contribution >= 4 is 44.4 Å². The summed E-state index contributed by atoms with van der Waals surface area (Å²) in [4.78, 5) is 14.3. The van der Waals surface area contributed by atoms with Crippen molar-refractivity contribution in [3.63, 3.8) is 0 Å². The van der Waals surface area contributed by atoms with Crippen LogP contribution in [0.5, 0.6) is 0 Å². The first-order valence-electron chi connectivity index (χ1n) is 5.35. The molecule has 0 spiro atoms. The molecule has 1 atom stereocenters. The van der Waals surface area contributed by atoms with Gasteiger partial charge >= 0.3 is 0 Å². The van der Waals surface area contributed by atoms with E-state index in [4.69, 9.17) is 0 Å². The lowest BCUT2D eigenvalue weighted by atomic mass is 10.2. The molecule has 1 aliphatic rings. The van der Waals surface area contributed by atoms with Crippen molar-refractivity contribution in [2.45, 2.75) is 18.9 Å². The molecule has 0 aromatic heterocycles. The van der Waals surface area contributed by atoms with Crippen LogP contribution in [0.15, 0.2) is 24.3 Å². The number of carbonyl (C=O) groups is 1. The van der Waals surface area contributed by atoms with E-state index in [1.165, 1.54) is 0 Å². The molecule has 4 heteroatoms. The van der Waals surface area contributed by atoms with E-state index in [0.29, 0.717) is 6.04 Å². The molecule has 2 nitrogen and oxygen atoms in total. The van der Waals surface area contributed by atoms with E-state index in [0.717, 1.165) is 33.9 Å². The molecule has 1 fully saturated rings. The molecule has 1 aliphatic heterocycles. The van der Waals surface area contributed by atoms with Crippen molar-refractivity contribution in [1.29, 1.82) is 0 Å². The van der Waals surface area contributed by atoms with Gasteiger partial charge in [-0.05, 0) is 47.6 Å². The summed E-state index contributed by atoms with van der Waals surface area (Å²) in [6.45, 7) is 0.889. The maximum atomic E-state index is 12.3. The Morgan fingerprint density at radius 1 is 1.50 bits per heavy atom. The lowest BCUT2D eigenvalue weighted by Crippen LogP contribution is -2.36. The Morgan fingerprint density at radius 3 is 2.94 bits per heavy atom. The van der Waals surface area contributed by atoms with E-state index in [1.54, 1.807) is 0 Å². The molecule has 2 rings (SSSR count). The topological polar surface area (TPSA) is 20.3 Å². The van der Waals surface area contributed by atoms with Crippen molar-refractivity contribution in [3.8, 4) is 0 Å². The minimum Gasteiger partial charge on any atom is -0.335 e. The van der Waals surface area contributed by atoms with Gasteiger partial charge in [0.25, 0.3) is 5.91 Å². The summed E-state index contributed by atoms with van der Waals surface area (Å²) in [6, 6.07) is 8.14. The molecular formula is C12H13BrINO. The van der Waals surface area contributed by atoms with Gasteiger partial charge in [0.1, 0.15) is 0 Å². The Kier molecular flexibility index (Phi) is 4.24. The number of nitrogens with zero attached hydrogens (tertiary/aromatic N) is 1. The fourth-order valence-electron chi connectivity index (χ4n) is 2.05. The lowest BCUT2D eigenvalue weighted by molar-refractivity contribution is 0.0749. The van der Waals surface area contributed by atoms with Gasteiger partial charge in [0, 0.05) is 21.5 Å². The van der Waals surface area contributed by atoms with Crippen LogP contribution in [0.3, 0.4) is 0 Å². The summed E-state index contributed by atoms with van der Waals surface area (Å²) in [5.41, 5.74) is 0.830. The first-order valence-corrected chi connectivity index (χ1v) is 7.55. The molecule has 86 valence electrons. The SMILES string of the molecule is O=C(c1ccccc1I)N1CCCC1CBr. The second-order valence-corrected chi connectivity index (χ2v) is 5.74. The zero-order chi connectivity index (χ0) is 11.5. The highest BCUT2D eigenvalue weighted by molar-refractivity contribution is 14.1. The van der Waals surface area contributed by atoms with Gasteiger partial charge in [-0.1, -0.05) is 28.1 Å². The monoisotopic (exact) mass is 393 g/mol. The number of benzene rings is 1. The van der Waals surface area contributed by atoms with Crippen molar-refractivity contribution < 1.29 is 4.79 Å². The number of halogens is 2. The largest absolute Gasteiger partial charge is 0.335 e. The first-order chi connectivity index (χ1) is 7.74. The van der Waals surface area contributed by atoms with Gasteiger partial charge in [-0.2, -0.15) is 0 Å². The zero-order valence-electron chi connectivity index (χ0n) is 8.83. The summed E-state index contributed by atoms with van der Waals surface area (Å²) < 4.78 is 1.03. The van der Waals surface area contributed by atoms with E-state index in [2.05, 4.69) is 38.5 Å². The van der Waals surface area contributed by atoms with E-state index < -0.39 is 0 Å². The van der Waals surface area contributed by atoms with E-state index in [-0.39, 0.29) is 5.91 Å². The highest BCUT2D eigenvalue weighted by atomic mass is 127. The van der Waals surface area contributed by atoms with Crippen LogP contribution in [-0.4, -0.2) is 28.7 Å². The number of alkyl halides is 1. The molecule has 0 radical (unpaired) electrons. The van der Waals surface area contributed by atoms with Gasteiger partial charge in [0.15, 0.2) is 0 Å². The number of hydrogen-bond donors (Lipinski definition) is 0. The van der Waals surface area contributed by atoms with Gasteiger partial charge in [0.2, 0.25) is 0 Å². The smallest absolute Gasteiger partial charge is 0.255 e. The second kappa shape index (κ2) is 5.49. The highest BCUT2D eigenvalue weighted by Gasteiger charge is 2.29. The fraction of sp³-hybridized carbons (Fsp3) is 0.417. The van der Waals surface area contributed by atoms with Crippen molar-refractivity contribution in [2.75, 3.05) is 11.9 Å². The Labute approximate surface area is 118 Å². The van der Waals surface area contributed by atoms with Crippen LogP contribution in [-0.2, 0) is 0 Å². The van der Waals surface area contributed by atoms with Crippen LogP contribution >= 0.6 is 38.5 Å². The standard InChI is InChI=1S/C12H13BrINO/c13-8-9-4-3-7-15(9)12(16)10-5-1-2-6-11(10)14/h1-2,5-6,9H,3-4,7-8H2. The average Bonchev–Trinajstić information content (AvgIpc) is 2.77. The predicted octanol–water partition coefficient (Wildman–Crippen LogP) is 3.29. The summed E-state index contributed by atoms with van der Waals surface area (Å²) in [6.07, 6.45) is 2.23. The zero-order valence-corrected chi connectivity index (χ0v) is 12.6. The summed E-state index contributed by atoms with van der Waals surface area (Å²) in [5, 5.41) is 0.877. The summed E-state index contributed by atoms with van der Waals surface area (Å²) in [7, 11) is 0. The molecule has 0 saturated carbocycles. The van der Waals surface area contributed by atoms with E-state index >= 15 is 0 Å². The van der Waals surface area contributed by atoms with Crippen LogP contribution in [0.1, 0.15) is 23.2 Å². The summed E-state index contributed by atoms with van der Waals surface area (Å²) in [5.74, 6) is 0.173. The molecule has 1 heterocycles. The third kappa shape index (κ3) is 2.42. The van der Waals surface area contributed by atoms with Crippen molar-refractivity contribution in [1.82, 2.24) is 4.90 Å². The number of rotatable bonds is 2. The van der Waals surface area contributed by atoms with Crippen molar-refractivity contribution in [2.24, 2.45) is 0 Å². The Bertz CT molecular complexity index is 396. The molecule has 16 heavy (non-hydrogen) atoms. The molecule has 1 amide bonds. The Hall–Kier alpha value is -0.100. The Balaban J connectivity index is 2.22. The van der Waals surface area contributed by atoms with Crippen LogP contribution in [0.25, 0.3) is 0 Å². The van der Waals surface area contributed by atoms with Crippen LogP contribution in [0.2, 0.25) is 0 Å². The molecule has 1 aromatic carbocycles. The van der Waals surface area contributed by atoms with Gasteiger partial charge < -0.3 is 4.90 Å². The lowest BCUT2D eigenvalue weighted by Gasteiger charge is -2.23. The minimum atomic E-state index is 0.173. The first kappa shape index (κ1) is 12.4. The molecule has 1 aromatic rings. The van der Waals surface area contributed by atoms with E-state index in [1.807, 2.05) is 29.2 Å². The van der Waals surface area contributed by atoms with Crippen molar-refractivity contribution in [3.05, 3.63) is 33.4 Å². The Morgan fingerprint density at radius 2 is 2.25 bits per heavy atom. The van der Waals surface area contributed by atoms with Gasteiger partial charge in [-0.3, -0.25) is 4.79 Å². The van der Waals surface area contributed by atoms with Crippen LogP contribution in [0.4, 0.5) is 0 Å². The normalized spacial score (nSPS) is 20.1. The predicted molar refractivity (Wildman–Crippen MR) is 77.0 cm³/mol. The molecule has 1 unspecified atom stereocenters. The van der Waals surface area contributed by atoms with Gasteiger partial charge in [0.05, 0.1) is 5.56 Å². The molecule has 0 N–H and O–H groups in total. The maximum absolute atomic E-state index is 12.3. The average molecular weight is 394 g/mol. The maximum Gasteiger partial charge on any atom is 0.255 e. The third-order valence-corrected chi connectivity index (χ3v) is 4.61. The number of likely N-dealkylation sites (tertiary alicyclic amines) is 1. The van der Waals surface area contributed by atoms with Crippen LogP contribution in [0, 0.1) is 3.57 Å². The minimum absolute atomic E-state index is 0.173. The highest BCUT2D eigenvalue weighted by Crippen LogP contribution is 2.23. The number of hydrogen-bond acceptors (Lipinski definition) is 1. The van der Waals surface area contributed by atoms with Crippen LogP contribution < -0.4 is 0 Å². The van der Waals surface area contributed by atoms with Gasteiger partial charge in [-0.25, -0.2) is 0 Å². The summed E-state index contributed by atoms with van der Waals surface area (Å²) >= 11 is 5.70. The molecule has 1 saturated heterocycles. The third-order valence-electron chi connectivity index (χ3n) is 2.92. The quantitative estimate of drug-likeness (QED) is 0.557. The second-order valence-electron chi connectivity index (χ2n) is 3.93. The molecule has 0 aliphatic carbocycles. The number of carbonyl (C=O) groups excluding carboxylic acids is 1.